The Bertz CT molecular complexity index is 615. The zero-order chi connectivity index (χ0) is 18.1. The van der Waals surface area contributed by atoms with Gasteiger partial charge in [0.2, 0.25) is 0 Å². The number of carbonyl (C=O) groups excluding carboxylic acids is 1. The molecular formula is C19H28N4O2. The standard InChI is InChI=1S/C19H28N4O2/c1-4-5-8-13-22(3)19(20-2)21-12-9-14-23-16-10-6-7-11-17(16)25-15-18(23)24/h4,6-7,10-11H,1,5,8-9,12-15H2,2-3H3,(H,20,21). The maximum Gasteiger partial charge on any atom is 0.265 e. The van der Waals surface area contributed by atoms with Gasteiger partial charge < -0.3 is 19.9 Å². The van der Waals surface area contributed by atoms with Gasteiger partial charge in [-0.1, -0.05) is 18.2 Å². The van der Waals surface area contributed by atoms with Crippen molar-refractivity contribution in [3.05, 3.63) is 36.9 Å². The summed E-state index contributed by atoms with van der Waals surface area (Å²) < 4.78 is 5.47. The van der Waals surface area contributed by atoms with Crippen molar-refractivity contribution >= 4 is 17.6 Å². The summed E-state index contributed by atoms with van der Waals surface area (Å²) in [7, 11) is 3.81. The van der Waals surface area contributed by atoms with E-state index in [2.05, 4.69) is 21.8 Å². The lowest BCUT2D eigenvalue weighted by atomic mass is 10.2. The van der Waals surface area contributed by atoms with Gasteiger partial charge in [-0.05, 0) is 31.4 Å². The molecule has 6 heteroatoms. The first kappa shape index (κ1) is 18.8. The summed E-state index contributed by atoms with van der Waals surface area (Å²) in [6, 6.07) is 7.66. The van der Waals surface area contributed by atoms with Crippen LogP contribution < -0.4 is 15.0 Å². The van der Waals surface area contributed by atoms with Crippen molar-refractivity contribution in [2.24, 2.45) is 4.99 Å². The van der Waals surface area contributed by atoms with E-state index in [9.17, 15) is 4.79 Å². The molecule has 1 amide bonds. The van der Waals surface area contributed by atoms with Gasteiger partial charge in [0.1, 0.15) is 5.75 Å². The molecule has 0 saturated heterocycles. The van der Waals surface area contributed by atoms with E-state index in [0.29, 0.717) is 6.54 Å². The lowest BCUT2D eigenvalue weighted by molar-refractivity contribution is -0.121. The highest BCUT2D eigenvalue weighted by molar-refractivity contribution is 5.97. The van der Waals surface area contributed by atoms with Crippen molar-refractivity contribution in [2.45, 2.75) is 19.3 Å². The Morgan fingerprint density at radius 1 is 1.44 bits per heavy atom. The minimum absolute atomic E-state index is 0.00428. The number of nitrogens with one attached hydrogen (secondary N) is 1. The Morgan fingerprint density at radius 2 is 2.24 bits per heavy atom. The number of hydrogen-bond donors (Lipinski definition) is 1. The first-order chi connectivity index (χ1) is 12.2. The first-order valence-corrected chi connectivity index (χ1v) is 8.72. The SMILES string of the molecule is C=CCCCN(C)C(=NC)NCCCN1C(=O)COc2ccccc21. The number of carbonyl (C=O) groups is 1. The van der Waals surface area contributed by atoms with Crippen LogP contribution in [0.5, 0.6) is 5.75 Å². The molecule has 6 nitrogen and oxygen atoms in total. The van der Waals surface area contributed by atoms with Gasteiger partial charge in [-0.3, -0.25) is 9.79 Å². The molecule has 1 aromatic rings. The van der Waals surface area contributed by atoms with Crippen LogP contribution >= 0.6 is 0 Å². The number of rotatable bonds is 8. The van der Waals surface area contributed by atoms with Gasteiger partial charge in [0.15, 0.2) is 12.6 Å². The molecule has 0 fully saturated rings. The van der Waals surface area contributed by atoms with Gasteiger partial charge in [0, 0.05) is 33.7 Å². The highest BCUT2D eigenvalue weighted by Gasteiger charge is 2.24. The Morgan fingerprint density at radius 3 is 3.00 bits per heavy atom. The summed E-state index contributed by atoms with van der Waals surface area (Å²) in [6.45, 7) is 6.20. The van der Waals surface area contributed by atoms with Gasteiger partial charge in [-0.2, -0.15) is 0 Å². The van der Waals surface area contributed by atoms with Crippen LogP contribution in [0.3, 0.4) is 0 Å². The van der Waals surface area contributed by atoms with Gasteiger partial charge in [-0.25, -0.2) is 0 Å². The number of fused-ring (bicyclic) bond motifs is 1. The predicted molar refractivity (Wildman–Crippen MR) is 102 cm³/mol. The minimum Gasteiger partial charge on any atom is -0.482 e. The van der Waals surface area contributed by atoms with E-state index >= 15 is 0 Å². The summed E-state index contributed by atoms with van der Waals surface area (Å²) in [6.07, 6.45) is 4.82. The Labute approximate surface area is 150 Å². The summed E-state index contributed by atoms with van der Waals surface area (Å²) in [4.78, 5) is 20.4. The van der Waals surface area contributed by atoms with Gasteiger partial charge in [-0.15, -0.1) is 6.58 Å². The van der Waals surface area contributed by atoms with Crippen LogP contribution in [0.4, 0.5) is 5.69 Å². The van der Waals surface area contributed by atoms with Crippen LogP contribution in [0, 0.1) is 0 Å². The largest absolute Gasteiger partial charge is 0.482 e. The Kier molecular flexibility index (Phi) is 7.32. The van der Waals surface area contributed by atoms with Crippen molar-refractivity contribution in [3.8, 4) is 5.75 Å². The van der Waals surface area contributed by atoms with Crippen molar-refractivity contribution in [1.29, 1.82) is 0 Å². The number of anilines is 1. The lowest BCUT2D eigenvalue weighted by Crippen LogP contribution is -2.42. The number of amides is 1. The van der Waals surface area contributed by atoms with E-state index in [1.165, 1.54) is 0 Å². The molecule has 0 saturated carbocycles. The monoisotopic (exact) mass is 344 g/mol. The van der Waals surface area contributed by atoms with Crippen LogP contribution in [0.25, 0.3) is 0 Å². The number of aliphatic imine (C=N–C) groups is 1. The van der Waals surface area contributed by atoms with Crippen molar-refractivity contribution in [1.82, 2.24) is 10.2 Å². The molecule has 0 unspecified atom stereocenters. The fourth-order valence-electron chi connectivity index (χ4n) is 2.80. The second kappa shape index (κ2) is 9.71. The van der Waals surface area contributed by atoms with Gasteiger partial charge in [0.25, 0.3) is 5.91 Å². The van der Waals surface area contributed by atoms with Crippen molar-refractivity contribution in [2.75, 3.05) is 45.2 Å². The number of ether oxygens (including phenoxy) is 1. The number of para-hydroxylation sites is 2. The summed E-state index contributed by atoms with van der Waals surface area (Å²) >= 11 is 0. The second-order valence-corrected chi connectivity index (χ2v) is 5.98. The molecule has 1 aliphatic heterocycles. The highest BCUT2D eigenvalue weighted by Crippen LogP contribution is 2.31. The molecule has 0 bridgehead atoms. The van der Waals surface area contributed by atoms with E-state index in [-0.39, 0.29) is 12.5 Å². The third-order valence-electron chi connectivity index (χ3n) is 4.13. The van der Waals surface area contributed by atoms with Crippen LogP contribution in [0.15, 0.2) is 41.9 Å². The molecular weight excluding hydrogens is 316 g/mol. The summed E-state index contributed by atoms with van der Waals surface area (Å²) in [5.41, 5.74) is 0.852. The molecule has 0 aliphatic carbocycles. The van der Waals surface area contributed by atoms with E-state index in [4.69, 9.17) is 4.74 Å². The molecule has 1 aromatic carbocycles. The number of nitrogens with zero attached hydrogens (tertiary/aromatic N) is 3. The first-order valence-electron chi connectivity index (χ1n) is 8.72. The van der Waals surface area contributed by atoms with Crippen LogP contribution in [0.1, 0.15) is 19.3 Å². The second-order valence-electron chi connectivity index (χ2n) is 5.98. The fourth-order valence-corrected chi connectivity index (χ4v) is 2.80. The molecule has 0 atom stereocenters. The maximum atomic E-state index is 12.1. The number of benzene rings is 1. The molecule has 0 aromatic heterocycles. The summed E-state index contributed by atoms with van der Waals surface area (Å²) in [5.74, 6) is 1.65. The number of hydrogen-bond acceptors (Lipinski definition) is 3. The van der Waals surface area contributed by atoms with Crippen LogP contribution in [-0.4, -0.2) is 57.1 Å². The average molecular weight is 344 g/mol. The molecule has 136 valence electrons. The molecule has 1 aliphatic rings. The average Bonchev–Trinajstić information content (AvgIpc) is 2.63. The predicted octanol–water partition coefficient (Wildman–Crippen LogP) is 2.28. The fraction of sp³-hybridized carbons (Fsp3) is 0.474. The lowest BCUT2D eigenvalue weighted by Gasteiger charge is -2.29. The van der Waals surface area contributed by atoms with E-state index in [0.717, 1.165) is 49.7 Å². The molecule has 0 spiro atoms. The van der Waals surface area contributed by atoms with Gasteiger partial charge >= 0.3 is 0 Å². The quantitative estimate of drug-likeness (QED) is 0.340. The third-order valence-corrected chi connectivity index (χ3v) is 4.13. The topological polar surface area (TPSA) is 57.2 Å². The smallest absolute Gasteiger partial charge is 0.265 e. The maximum absolute atomic E-state index is 12.1. The molecule has 25 heavy (non-hydrogen) atoms. The minimum atomic E-state index is 0.00428. The number of guanidine groups is 1. The van der Waals surface area contributed by atoms with E-state index in [1.807, 2.05) is 37.4 Å². The number of unbranched alkanes of at least 4 members (excludes halogenated alkanes) is 1. The van der Waals surface area contributed by atoms with E-state index < -0.39 is 0 Å². The molecule has 1 heterocycles. The van der Waals surface area contributed by atoms with E-state index in [1.54, 1.807) is 11.9 Å². The summed E-state index contributed by atoms with van der Waals surface area (Å²) in [5, 5.41) is 3.36. The van der Waals surface area contributed by atoms with Crippen molar-refractivity contribution in [3.63, 3.8) is 0 Å². The van der Waals surface area contributed by atoms with Crippen molar-refractivity contribution < 1.29 is 9.53 Å². The molecule has 1 N–H and O–H groups in total. The molecule has 0 radical (unpaired) electrons. The zero-order valence-electron chi connectivity index (χ0n) is 15.2. The number of allylic oxidation sites excluding steroid dienone is 1. The normalized spacial score (nSPS) is 13.9. The Balaban J connectivity index is 1.80. The van der Waals surface area contributed by atoms with Gasteiger partial charge in [0.05, 0.1) is 5.69 Å². The van der Waals surface area contributed by atoms with Crippen LogP contribution in [-0.2, 0) is 4.79 Å². The zero-order valence-corrected chi connectivity index (χ0v) is 15.2. The molecule has 2 rings (SSSR count). The van der Waals surface area contributed by atoms with Crippen LogP contribution in [0.2, 0.25) is 0 Å². The Hall–Kier alpha value is -2.50. The highest BCUT2D eigenvalue weighted by atomic mass is 16.5. The third kappa shape index (κ3) is 5.24.